The van der Waals surface area contributed by atoms with Crippen molar-refractivity contribution in [1.82, 2.24) is 0 Å². The summed E-state index contributed by atoms with van der Waals surface area (Å²) in [6, 6.07) is 4.66. The first-order valence-electron chi connectivity index (χ1n) is 5.77. The lowest BCUT2D eigenvalue weighted by Crippen LogP contribution is -2.19. The quantitative estimate of drug-likeness (QED) is 0.301. The van der Waals surface area contributed by atoms with Crippen LogP contribution in [0.15, 0.2) is 0 Å². The van der Waals surface area contributed by atoms with E-state index in [1.807, 2.05) is 0 Å². The molecule has 0 aromatic heterocycles. The summed E-state index contributed by atoms with van der Waals surface area (Å²) < 4.78 is 0. The van der Waals surface area contributed by atoms with Crippen LogP contribution in [0.4, 0.5) is 0 Å². The zero-order chi connectivity index (χ0) is 11.7. The lowest BCUT2D eigenvalue weighted by Gasteiger charge is -2.16. The average molecular weight is 305 g/mol. The normalized spacial score (nSPS) is 12.4. The zero-order valence-electron chi connectivity index (χ0n) is 9.79. The molecule has 15 heavy (non-hydrogen) atoms. The van der Waals surface area contributed by atoms with Crippen LogP contribution in [-0.2, 0) is 0 Å². The first-order valence-corrected chi connectivity index (χ1v) is 13.2. The van der Waals surface area contributed by atoms with Crippen LogP contribution in [-0.4, -0.2) is 21.4 Å². The first-order chi connectivity index (χ1) is 7.02. The van der Waals surface area contributed by atoms with Crippen LogP contribution >= 0.6 is 33.8 Å². The minimum atomic E-state index is -1.89. The number of halogens is 3. The van der Waals surface area contributed by atoms with Crippen molar-refractivity contribution in [3.63, 3.8) is 0 Å². The van der Waals surface area contributed by atoms with E-state index < -0.39 is 6.69 Å². The molecule has 0 aromatic carbocycles. The predicted octanol–water partition coefficient (Wildman–Crippen LogP) is 5.46. The molecule has 0 atom stereocenters. The lowest BCUT2D eigenvalue weighted by atomic mass is 10.4. The Morgan fingerprint density at radius 1 is 1.07 bits per heavy atom. The second kappa shape index (κ2) is 9.35. The largest absolute Gasteiger partial charge is 0.251 e. The molecule has 0 spiro atoms. The van der Waals surface area contributed by atoms with E-state index >= 15 is 0 Å². The number of hydrogen-bond donors (Lipinski definition) is 0. The predicted molar refractivity (Wildman–Crippen MR) is 78.6 cm³/mol. The smallest absolute Gasteiger partial charge is 0.146 e. The van der Waals surface area contributed by atoms with Gasteiger partial charge in [0.15, 0.2) is 0 Å². The van der Waals surface area contributed by atoms with E-state index in [-0.39, 0.29) is 8.80 Å². The van der Waals surface area contributed by atoms with Crippen molar-refractivity contribution in [3.05, 3.63) is 0 Å². The summed E-state index contributed by atoms with van der Waals surface area (Å²) in [7, 11) is -0.210. The molecule has 0 aliphatic rings. The van der Waals surface area contributed by atoms with Gasteiger partial charge in [-0.25, -0.2) is 0 Å². The van der Waals surface area contributed by atoms with E-state index in [0.29, 0.717) is 0 Å². The molecule has 0 rings (SSSR count). The molecule has 0 bridgehead atoms. The summed E-state index contributed by atoms with van der Waals surface area (Å²) in [6.45, 7) is 2.65. The fraction of sp³-hybridized carbons (Fsp3) is 1.00. The van der Waals surface area contributed by atoms with Gasteiger partial charge >= 0.3 is 0 Å². The van der Waals surface area contributed by atoms with Crippen molar-refractivity contribution in [1.29, 1.82) is 0 Å². The van der Waals surface area contributed by atoms with E-state index in [9.17, 15) is 0 Å². The zero-order valence-corrected chi connectivity index (χ0v) is 14.1. The maximum atomic E-state index is 6.37. The fourth-order valence-corrected chi connectivity index (χ4v) is 7.59. The monoisotopic (exact) mass is 303 g/mol. The lowest BCUT2D eigenvalue weighted by molar-refractivity contribution is 0.868. The van der Waals surface area contributed by atoms with Crippen molar-refractivity contribution in [2.75, 3.05) is 5.88 Å². The molecular formula is C10H22Cl3Si2. The molecule has 91 valence electrons. The molecule has 0 amide bonds. The van der Waals surface area contributed by atoms with Crippen molar-refractivity contribution in [2.45, 2.75) is 56.9 Å². The van der Waals surface area contributed by atoms with Gasteiger partial charge in [0.25, 0.3) is 6.69 Å². The SMILES string of the molecule is CCCC[Si](Cl)(Cl)CCC[Si](C)CCCl. The Hall–Kier alpha value is 1.30. The van der Waals surface area contributed by atoms with Crippen LogP contribution < -0.4 is 0 Å². The van der Waals surface area contributed by atoms with Gasteiger partial charge < -0.3 is 0 Å². The maximum Gasteiger partial charge on any atom is 0.251 e. The van der Waals surface area contributed by atoms with Crippen LogP contribution in [0.3, 0.4) is 0 Å². The van der Waals surface area contributed by atoms with Gasteiger partial charge in [0, 0.05) is 14.7 Å². The second-order valence-electron chi connectivity index (χ2n) is 4.21. The van der Waals surface area contributed by atoms with Gasteiger partial charge in [0.1, 0.15) is 0 Å². The second-order valence-corrected chi connectivity index (χ2v) is 15.1. The minimum absolute atomic E-state index is 0.210. The fourth-order valence-electron chi connectivity index (χ4n) is 1.50. The molecule has 0 aliphatic carbocycles. The molecule has 0 saturated carbocycles. The highest BCUT2D eigenvalue weighted by Gasteiger charge is 2.26. The molecule has 0 nitrogen and oxygen atoms in total. The summed E-state index contributed by atoms with van der Waals surface area (Å²) in [6.07, 6.45) is 3.60. The van der Waals surface area contributed by atoms with Gasteiger partial charge in [-0.15, -0.1) is 33.8 Å². The van der Waals surface area contributed by atoms with Crippen LogP contribution in [0.2, 0.25) is 30.7 Å². The van der Waals surface area contributed by atoms with Crippen molar-refractivity contribution >= 4 is 49.2 Å². The summed E-state index contributed by atoms with van der Waals surface area (Å²) >= 11 is 18.4. The molecule has 0 aromatic rings. The van der Waals surface area contributed by atoms with Crippen LogP contribution in [0.5, 0.6) is 0 Å². The Bertz CT molecular complexity index is 154. The highest BCUT2D eigenvalue weighted by atomic mass is 35.7. The molecule has 5 heteroatoms. The van der Waals surface area contributed by atoms with E-state index in [0.717, 1.165) is 18.0 Å². The van der Waals surface area contributed by atoms with Gasteiger partial charge in [-0.1, -0.05) is 38.8 Å². The Morgan fingerprint density at radius 3 is 2.20 bits per heavy atom. The summed E-state index contributed by atoms with van der Waals surface area (Å²) in [5.74, 6) is 0.810. The molecule has 1 radical (unpaired) electrons. The van der Waals surface area contributed by atoms with Crippen molar-refractivity contribution in [2.24, 2.45) is 0 Å². The molecule has 0 heterocycles. The Morgan fingerprint density at radius 2 is 1.67 bits per heavy atom. The summed E-state index contributed by atoms with van der Waals surface area (Å²) in [5, 5.41) is 0. The maximum absolute atomic E-state index is 6.37. The van der Waals surface area contributed by atoms with E-state index in [1.54, 1.807) is 0 Å². The average Bonchev–Trinajstić information content (AvgIpc) is 2.15. The number of rotatable bonds is 9. The van der Waals surface area contributed by atoms with Crippen molar-refractivity contribution < 1.29 is 0 Å². The standard InChI is InChI=1S/C10H22Cl3Si2/c1-3-4-9-15(12,13)10-5-7-14(2)8-6-11/h3-10H2,1-2H3. The summed E-state index contributed by atoms with van der Waals surface area (Å²) in [4.78, 5) is 0. The highest BCUT2D eigenvalue weighted by molar-refractivity contribution is 7.45. The van der Waals surface area contributed by atoms with Crippen molar-refractivity contribution in [3.8, 4) is 0 Å². The Kier molecular flexibility index (Phi) is 10.2. The first kappa shape index (κ1) is 16.3. The van der Waals surface area contributed by atoms with Crippen LogP contribution in [0, 0.1) is 0 Å². The molecule has 0 N–H and O–H groups in total. The van der Waals surface area contributed by atoms with E-state index in [4.69, 9.17) is 33.8 Å². The van der Waals surface area contributed by atoms with Gasteiger partial charge in [0.2, 0.25) is 0 Å². The number of alkyl halides is 1. The van der Waals surface area contributed by atoms with Crippen LogP contribution in [0.1, 0.15) is 26.2 Å². The molecule has 0 fully saturated rings. The summed E-state index contributed by atoms with van der Waals surface area (Å²) in [5.41, 5.74) is 0. The third-order valence-electron chi connectivity index (χ3n) is 2.56. The van der Waals surface area contributed by atoms with Gasteiger partial charge in [0.05, 0.1) is 0 Å². The van der Waals surface area contributed by atoms with Crippen LogP contribution in [0.25, 0.3) is 0 Å². The van der Waals surface area contributed by atoms with Gasteiger partial charge in [-0.2, -0.15) is 0 Å². The minimum Gasteiger partial charge on any atom is -0.146 e. The molecular weight excluding hydrogens is 283 g/mol. The van der Waals surface area contributed by atoms with E-state index in [2.05, 4.69) is 13.5 Å². The molecule has 0 unspecified atom stereocenters. The van der Waals surface area contributed by atoms with Gasteiger partial charge in [-0.05, 0) is 18.1 Å². The van der Waals surface area contributed by atoms with Gasteiger partial charge in [-0.3, -0.25) is 0 Å². The Labute approximate surface area is 112 Å². The number of unbranched alkanes of at least 4 members (excludes halogenated alkanes) is 1. The third-order valence-corrected chi connectivity index (χ3v) is 9.82. The van der Waals surface area contributed by atoms with E-state index in [1.165, 1.54) is 31.4 Å². The number of hydrogen-bond acceptors (Lipinski definition) is 0. The molecule has 0 saturated heterocycles. The third kappa shape index (κ3) is 10.2. The topological polar surface area (TPSA) is 0 Å². The highest BCUT2D eigenvalue weighted by Crippen LogP contribution is 2.30. The molecule has 0 aliphatic heterocycles. The Balaban J connectivity index is 3.55.